The Morgan fingerprint density at radius 1 is 1.62 bits per heavy atom. The molecule has 1 aromatic heterocycles. The van der Waals surface area contributed by atoms with Gasteiger partial charge in [0, 0.05) is 17.3 Å². The van der Waals surface area contributed by atoms with Gasteiger partial charge in [-0.2, -0.15) is 5.26 Å². The van der Waals surface area contributed by atoms with Crippen LogP contribution in [0.4, 0.5) is 13.2 Å². The second kappa shape index (κ2) is 4.61. The first kappa shape index (κ1) is 12.0. The number of alkyl halides is 2. The van der Waals surface area contributed by atoms with Crippen LogP contribution in [0.3, 0.4) is 0 Å². The minimum atomic E-state index is -3.04. The number of carbonyl (C=O) groups is 1. The zero-order valence-electron chi connectivity index (χ0n) is 7.75. The van der Waals surface area contributed by atoms with Gasteiger partial charge >= 0.3 is 5.97 Å². The summed E-state index contributed by atoms with van der Waals surface area (Å²) in [6, 6.07) is 1.35. The lowest BCUT2D eigenvalue weighted by molar-refractivity contribution is -0.136. The zero-order chi connectivity index (χ0) is 12.3. The van der Waals surface area contributed by atoms with E-state index in [4.69, 9.17) is 10.4 Å². The Kier molecular flexibility index (Phi) is 3.45. The second-order valence-corrected chi connectivity index (χ2v) is 2.84. The molecule has 1 N–H and O–H groups in total. The lowest BCUT2D eigenvalue weighted by atomic mass is 10.1. The van der Waals surface area contributed by atoms with Crippen molar-refractivity contribution in [1.82, 2.24) is 4.98 Å². The summed E-state index contributed by atoms with van der Waals surface area (Å²) in [5.41, 5.74) is -2.20. The Bertz CT molecular complexity index is 469. The minimum absolute atomic E-state index is 0.616. The number of carboxylic acid groups (broad SMARTS) is 1. The van der Waals surface area contributed by atoms with Crippen LogP contribution in [0.5, 0.6) is 0 Å². The van der Waals surface area contributed by atoms with Gasteiger partial charge in [0.2, 0.25) is 0 Å². The van der Waals surface area contributed by atoms with E-state index >= 15 is 0 Å². The molecule has 0 fully saturated rings. The smallest absolute Gasteiger partial charge is 0.307 e. The average molecular weight is 230 g/mol. The molecule has 0 amide bonds. The molecule has 0 aliphatic carbocycles. The third kappa shape index (κ3) is 2.28. The zero-order valence-corrected chi connectivity index (χ0v) is 7.75. The highest BCUT2D eigenvalue weighted by molar-refractivity contribution is 5.71. The highest BCUT2D eigenvalue weighted by atomic mass is 19.3. The number of halogens is 3. The van der Waals surface area contributed by atoms with Crippen molar-refractivity contribution >= 4 is 5.97 Å². The molecule has 0 aliphatic heterocycles. The monoisotopic (exact) mass is 230 g/mol. The maximum atomic E-state index is 13.4. The van der Waals surface area contributed by atoms with Gasteiger partial charge in [0.15, 0.2) is 11.5 Å². The van der Waals surface area contributed by atoms with Gasteiger partial charge in [-0.3, -0.25) is 4.79 Å². The van der Waals surface area contributed by atoms with Crippen molar-refractivity contribution in [3.63, 3.8) is 0 Å². The minimum Gasteiger partial charge on any atom is -0.481 e. The summed E-state index contributed by atoms with van der Waals surface area (Å²) in [7, 11) is 0. The number of pyridine rings is 1. The Morgan fingerprint density at radius 3 is 2.69 bits per heavy atom. The molecule has 4 nitrogen and oxygen atoms in total. The van der Waals surface area contributed by atoms with Crippen LogP contribution in [0.25, 0.3) is 0 Å². The van der Waals surface area contributed by atoms with Gasteiger partial charge in [-0.05, 0) is 0 Å². The quantitative estimate of drug-likeness (QED) is 0.856. The summed E-state index contributed by atoms with van der Waals surface area (Å²) in [5, 5.41) is 16.9. The Balaban J connectivity index is 3.37. The highest BCUT2D eigenvalue weighted by Gasteiger charge is 2.22. The molecule has 0 unspecified atom stereocenters. The molecule has 1 aromatic rings. The van der Waals surface area contributed by atoms with Crippen LogP contribution >= 0.6 is 0 Å². The van der Waals surface area contributed by atoms with Gasteiger partial charge in [0.05, 0.1) is 6.42 Å². The molecule has 1 rings (SSSR count). The molecule has 7 heteroatoms. The molecule has 0 aromatic carbocycles. The van der Waals surface area contributed by atoms with Crippen LogP contribution in [0.2, 0.25) is 0 Å². The Hall–Kier alpha value is -2.10. The molecule has 0 bridgehead atoms. The molecule has 16 heavy (non-hydrogen) atoms. The van der Waals surface area contributed by atoms with Crippen molar-refractivity contribution in [1.29, 1.82) is 5.26 Å². The number of aliphatic carboxylic acids is 1. The summed E-state index contributed by atoms with van der Waals surface area (Å²) >= 11 is 0. The highest BCUT2D eigenvalue weighted by Crippen LogP contribution is 2.25. The number of rotatable bonds is 3. The lowest BCUT2D eigenvalue weighted by Gasteiger charge is -2.07. The third-order valence-electron chi connectivity index (χ3n) is 1.82. The first-order chi connectivity index (χ1) is 7.47. The average Bonchev–Trinajstić information content (AvgIpc) is 2.19. The van der Waals surface area contributed by atoms with E-state index in [2.05, 4.69) is 4.98 Å². The maximum Gasteiger partial charge on any atom is 0.307 e. The summed E-state index contributed by atoms with van der Waals surface area (Å²) in [6.07, 6.45) is -3.34. The molecule has 0 radical (unpaired) electrons. The summed E-state index contributed by atoms with van der Waals surface area (Å²) < 4.78 is 38.2. The predicted octanol–water partition coefficient (Wildman–Crippen LogP) is 1.66. The van der Waals surface area contributed by atoms with E-state index in [9.17, 15) is 18.0 Å². The van der Waals surface area contributed by atoms with Crippen LogP contribution in [-0.2, 0) is 11.2 Å². The van der Waals surface area contributed by atoms with E-state index in [1.54, 1.807) is 0 Å². The molecule has 1 heterocycles. The number of hydrogen-bond acceptors (Lipinski definition) is 3. The second-order valence-electron chi connectivity index (χ2n) is 2.84. The van der Waals surface area contributed by atoms with Crippen LogP contribution in [0, 0.1) is 17.1 Å². The van der Waals surface area contributed by atoms with Crippen molar-refractivity contribution in [2.45, 2.75) is 12.8 Å². The summed E-state index contributed by atoms with van der Waals surface area (Å²) in [6.45, 7) is 0. The first-order valence-electron chi connectivity index (χ1n) is 4.04. The lowest BCUT2D eigenvalue weighted by Crippen LogP contribution is -2.09. The van der Waals surface area contributed by atoms with Crippen molar-refractivity contribution in [3.8, 4) is 6.07 Å². The van der Waals surface area contributed by atoms with Crippen molar-refractivity contribution < 1.29 is 23.1 Å². The first-order valence-corrected chi connectivity index (χ1v) is 4.04. The fourth-order valence-corrected chi connectivity index (χ4v) is 1.14. The van der Waals surface area contributed by atoms with Crippen LogP contribution in [-0.4, -0.2) is 16.1 Å². The number of hydrogen-bond donors (Lipinski definition) is 1. The Labute approximate surface area is 88.0 Å². The van der Waals surface area contributed by atoms with Crippen molar-refractivity contribution in [2.24, 2.45) is 0 Å². The van der Waals surface area contributed by atoms with Gasteiger partial charge in [-0.15, -0.1) is 0 Å². The molecule has 0 atom stereocenters. The van der Waals surface area contributed by atoms with Crippen LogP contribution < -0.4 is 0 Å². The van der Waals surface area contributed by atoms with Gasteiger partial charge in [0.1, 0.15) is 6.07 Å². The largest absolute Gasteiger partial charge is 0.481 e. The number of carboxylic acids is 1. The summed E-state index contributed by atoms with van der Waals surface area (Å²) in [5.74, 6) is -2.77. The van der Waals surface area contributed by atoms with Gasteiger partial charge < -0.3 is 5.11 Å². The molecule has 0 aliphatic rings. The molecular weight excluding hydrogens is 225 g/mol. The molecule has 84 valence electrons. The van der Waals surface area contributed by atoms with E-state index in [1.165, 1.54) is 6.07 Å². The number of nitriles is 1. The number of nitrogens with zero attached hydrogens (tertiary/aromatic N) is 2. The summed E-state index contributed by atoms with van der Waals surface area (Å²) in [4.78, 5) is 13.6. The van der Waals surface area contributed by atoms with Crippen LogP contribution in [0.1, 0.15) is 23.2 Å². The van der Waals surface area contributed by atoms with E-state index in [0.29, 0.717) is 6.20 Å². The van der Waals surface area contributed by atoms with Crippen LogP contribution in [0.15, 0.2) is 6.20 Å². The Morgan fingerprint density at radius 2 is 2.25 bits per heavy atom. The van der Waals surface area contributed by atoms with E-state index in [-0.39, 0.29) is 0 Å². The fraction of sp³-hybridized carbons (Fsp3) is 0.222. The normalized spacial score (nSPS) is 10.2. The van der Waals surface area contributed by atoms with Crippen molar-refractivity contribution in [2.75, 3.05) is 0 Å². The molecule has 0 spiro atoms. The van der Waals surface area contributed by atoms with Crippen molar-refractivity contribution in [3.05, 3.63) is 28.8 Å². The molecular formula is C9H5F3N2O2. The van der Waals surface area contributed by atoms with Gasteiger partial charge in [-0.25, -0.2) is 18.2 Å². The van der Waals surface area contributed by atoms with E-state index < -0.39 is 41.5 Å². The van der Waals surface area contributed by atoms with E-state index in [0.717, 1.165) is 0 Å². The fourth-order valence-electron chi connectivity index (χ4n) is 1.14. The predicted molar refractivity (Wildman–Crippen MR) is 45.2 cm³/mol. The number of aromatic nitrogens is 1. The third-order valence-corrected chi connectivity index (χ3v) is 1.82. The SMILES string of the molecule is N#Cc1ncc(C(F)F)c(CC(=O)O)c1F. The van der Waals surface area contributed by atoms with Gasteiger partial charge in [0.25, 0.3) is 6.43 Å². The molecule has 0 saturated heterocycles. The maximum absolute atomic E-state index is 13.4. The molecule has 0 saturated carbocycles. The van der Waals surface area contributed by atoms with E-state index in [1.807, 2.05) is 0 Å². The standard InChI is InChI=1S/C9H5F3N2O2/c10-8-4(1-7(15)16)5(9(11)12)3-14-6(8)2-13/h3,9H,1H2,(H,15,16). The topological polar surface area (TPSA) is 74.0 Å². The van der Waals surface area contributed by atoms with Gasteiger partial charge in [-0.1, -0.05) is 0 Å².